The molecule has 0 aliphatic carbocycles. The molecule has 2 N–H and O–H groups in total. The SMILES string of the molecule is CCCCCCN=C(N)c1ccc(C)cc1. The summed E-state index contributed by atoms with van der Waals surface area (Å²) in [6, 6.07) is 8.18. The van der Waals surface area contributed by atoms with Crippen molar-refractivity contribution in [2.24, 2.45) is 10.7 Å². The Kier molecular flexibility index (Phi) is 5.62. The van der Waals surface area contributed by atoms with Crippen molar-refractivity contribution in [2.45, 2.75) is 39.5 Å². The van der Waals surface area contributed by atoms with Crippen molar-refractivity contribution in [1.29, 1.82) is 0 Å². The first-order valence-corrected chi connectivity index (χ1v) is 6.11. The molecule has 0 saturated heterocycles. The van der Waals surface area contributed by atoms with Crippen LogP contribution < -0.4 is 5.73 Å². The van der Waals surface area contributed by atoms with Crippen molar-refractivity contribution < 1.29 is 0 Å². The van der Waals surface area contributed by atoms with Crippen LogP contribution in [0.15, 0.2) is 29.3 Å². The molecule has 0 saturated carbocycles. The summed E-state index contributed by atoms with van der Waals surface area (Å²) in [6.07, 6.45) is 4.94. The van der Waals surface area contributed by atoms with Crippen molar-refractivity contribution >= 4 is 5.84 Å². The van der Waals surface area contributed by atoms with Gasteiger partial charge >= 0.3 is 0 Å². The van der Waals surface area contributed by atoms with Crippen molar-refractivity contribution in [3.8, 4) is 0 Å². The maximum Gasteiger partial charge on any atom is 0.125 e. The highest BCUT2D eigenvalue weighted by molar-refractivity contribution is 5.97. The summed E-state index contributed by atoms with van der Waals surface area (Å²) in [5.74, 6) is 0.663. The Hall–Kier alpha value is -1.31. The second-order valence-electron chi connectivity index (χ2n) is 4.19. The van der Waals surface area contributed by atoms with Crippen LogP contribution in [0.4, 0.5) is 0 Å². The molecule has 0 bridgehead atoms. The van der Waals surface area contributed by atoms with Crippen LogP contribution in [0.1, 0.15) is 43.7 Å². The smallest absolute Gasteiger partial charge is 0.125 e. The Morgan fingerprint density at radius 1 is 1.12 bits per heavy atom. The van der Waals surface area contributed by atoms with Gasteiger partial charge in [0.05, 0.1) is 0 Å². The molecule has 0 fully saturated rings. The van der Waals surface area contributed by atoms with E-state index in [1.807, 2.05) is 12.1 Å². The van der Waals surface area contributed by atoms with Crippen LogP contribution in [0.2, 0.25) is 0 Å². The zero-order valence-electron chi connectivity index (χ0n) is 10.4. The van der Waals surface area contributed by atoms with E-state index in [2.05, 4.69) is 31.0 Å². The molecule has 88 valence electrons. The number of nitrogens with zero attached hydrogens (tertiary/aromatic N) is 1. The summed E-state index contributed by atoms with van der Waals surface area (Å²) in [4.78, 5) is 4.39. The Labute approximate surface area is 98.6 Å². The number of benzene rings is 1. The molecular formula is C14H22N2. The van der Waals surface area contributed by atoms with Gasteiger partial charge in [-0.25, -0.2) is 0 Å². The van der Waals surface area contributed by atoms with Gasteiger partial charge in [-0.3, -0.25) is 4.99 Å². The van der Waals surface area contributed by atoms with E-state index in [-0.39, 0.29) is 0 Å². The van der Waals surface area contributed by atoms with Crippen LogP contribution in [0, 0.1) is 6.92 Å². The summed E-state index contributed by atoms with van der Waals surface area (Å²) in [6.45, 7) is 5.13. The predicted octanol–water partition coefficient (Wildman–Crippen LogP) is 3.28. The summed E-state index contributed by atoms with van der Waals surface area (Å²) < 4.78 is 0. The predicted molar refractivity (Wildman–Crippen MR) is 70.9 cm³/mol. The molecule has 1 rings (SSSR count). The van der Waals surface area contributed by atoms with E-state index in [4.69, 9.17) is 5.73 Å². The van der Waals surface area contributed by atoms with Crippen molar-refractivity contribution in [1.82, 2.24) is 0 Å². The van der Waals surface area contributed by atoms with E-state index in [0.29, 0.717) is 5.84 Å². The third kappa shape index (κ3) is 4.47. The molecule has 2 nitrogen and oxygen atoms in total. The minimum absolute atomic E-state index is 0.663. The zero-order valence-corrected chi connectivity index (χ0v) is 10.4. The average Bonchev–Trinajstić information content (AvgIpc) is 2.29. The van der Waals surface area contributed by atoms with E-state index in [1.165, 1.54) is 24.8 Å². The number of hydrogen-bond donors (Lipinski definition) is 1. The first kappa shape index (κ1) is 12.8. The van der Waals surface area contributed by atoms with E-state index in [0.717, 1.165) is 18.5 Å². The molecule has 0 radical (unpaired) electrons. The van der Waals surface area contributed by atoms with E-state index >= 15 is 0 Å². The normalized spacial score (nSPS) is 11.8. The van der Waals surface area contributed by atoms with Crippen LogP contribution in [0.3, 0.4) is 0 Å². The lowest BCUT2D eigenvalue weighted by molar-refractivity contribution is 0.675. The number of rotatable bonds is 6. The molecule has 0 amide bonds. The van der Waals surface area contributed by atoms with Crippen molar-refractivity contribution in [3.63, 3.8) is 0 Å². The fourth-order valence-corrected chi connectivity index (χ4v) is 1.55. The molecular weight excluding hydrogens is 196 g/mol. The summed E-state index contributed by atoms with van der Waals surface area (Å²) in [5, 5.41) is 0. The molecule has 0 aliphatic heterocycles. The monoisotopic (exact) mass is 218 g/mol. The number of unbranched alkanes of at least 4 members (excludes halogenated alkanes) is 3. The molecule has 16 heavy (non-hydrogen) atoms. The second kappa shape index (κ2) is 7.04. The maximum atomic E-state index is 5.91. The second-order valence-corrected chi connectivity index (χ2v) is 4.19. The molecule has 0 spiro atoms. The van der Waals surface area contributed by atoms with Crippen LogP contribution >= 0.6 is 0 Å². The molecule has 1 aromatic carbocycles. The summed E-state index contributed by atoms with van der Waals surface area (Å²) in [5.41, 5.74) is 8.19. The minimum Gasteiger partial charge on any atom is -0.384 e. The standard InChI is InChI=1S/C14H22N2/c1-3-4-5-6-11-16-14(15)13-9-7-12(2)8-10-13/h7-10H,3-6,11H2,1-2H3,(H2,15,16). The number of aryl methyl sites for hydroxylation is 1. The van der Waals surface area contributed by atoms with E-state index in [1.54, 1.807) is 0 Å². The van der Waals surface area contributed by atoms with Gasteiger partial charge in [-0.2, -0.15) is 0 Å². The highest BCUT2D eigenvalue weighted by Crippen LogP contribution is 2.04. The summed E-state index contributed by atoms with van der Waals surface area (Å²) >= 11 is 0. The fourth-order valence-electron chi connectivity index (χ4n) is 1.55. The number of hydrogen-bond acceptors (Lipinski definition) is 1. The van der Waals surface area contributed by atoms with Gasteiger partial charge in [0.15, 0.2) is 0 Å². The van der Waals surface area contributed by atoms with E-state index in [9.17, 15) is 0 Å². The maximum absolute atomic E-state index is 5.91. The Bertz CT molecular complexity index is 325. The van der Waals surface area contributed by atoms with Gasteiger partial charge in [0, 0.05) is 12.1 Å². The lowest BCUT2D eigenvalue weighted by Gasteiger charge is -2.02. The van der Waals surface area contributed by atoms with Gasteiger partial charge in [0.25, 0.3) is 0 Å². The molecule has 0 heterocycles. The van der Waals surface area contributed by atoms with Gasteiger partial charge in [0.2, 0.25) is 0 Å². The highest BCUT2D eigenvalue weighted by atomic mass is 14.8. The average molecular weight is 218 g/mol. The molecule has 0 unspecified atom stereocenters. The van der Waals surface area contributed by atoms with Crippen LogP contribution in [-0.2, 0) is 0 Å². The molecule has 0 aliphatic rings. The van der Waals surface area contributed by atoms with Crippen LogP contribution in [0.25, 0.3) is 0 Å². The Morgan fingerprint density at radius 2 is 1.81 bits per heavy atom. The molecule has 0 aromatic heterocycles. The van der Waals surface area contributed by atoms with E-state index < -0.39 is 0 Å². The van der Waals surface area contributed by atoms with Gasteiger partial charge < -0.3 is 5.73 Å². The number of amidine groups is 1. The van der Waals surface area contributed by atoms with Crippen LogP contribution in [-0.4, -0.2) is 12.4 Å². The number of nitrogens with two attached hydrogens (primary N) is 1. The van der Waals surface area contributed by atoms with Gasteiger partial charge in [0.1, 0.15) is 5.84 Å². The van der Waals surface area contributed by atoms with Crippen LogP contribution in [0.5, 0.6) is 0 Å². The van der Waals surface area contributed by atoms with Gasteiger partial charge in [-0.1, -0.05) is 56.0 Å². The third-order valence-electron chi connectivity index (χ3n) is 2.64. The Morgan fingerprint density at radius 3 is 2.44 bits per heavy atom. The Balaban J connectivity index is 2.41. The zero-order chi connectivity index (χ0) is 11.8. The van der Waals surface area contributed by atoms with Crippen molar-refractivity contribution in [2.75, 3.05) is 6.54 Å². The lowest BCUT2D eigenvalue weighted by Crippen LogP contribution is -2.13. The first-order valence-electron chi connectivity index (χ1n) is 6.11. The third-order valence-corrected chi connectivity index (χ3v) is 2.64. The molecule has 2 heteroatoms. The molecule has 0 atom stereocenters. The topological polar surface area (TPSA) is 38.4 Å². The first-order chi connectivity index (χ1) is 7.74. The number of aliphatic imine (C=N–C) groups is 1. The lowest BCUT2D eigenvalue weighted by atomic mass is 10.1. The quantitative estimate of drug-likeness (QED) is 0.444. The minimum atomic E-state index is 0.663. The van der Waals surface area contributed by atoms with Crippen molar-refractivity contribution in [3.05, 3.63) is 35.4 Å². The fraction of sp³-hybridized carbons (Fsp3) is 0.500. The summed E-state index contributed by atoms with van der Waals surface area (Å²) in [7, 11) is 0. The highest BCUT2D eigenvalue weighted by Gasteiger charge is 1.96. The van der Waals surface area contributed by atoms with Gasteiger partial charge in [-0.15, -0.1) is 0 Å². The van der Waals surface area contributed by atoms with Gasteiger partial charge in [-0.05, 0) is 13.3 Å². The molecule has 1 aromatic rings. The largest absolute Gasteiger partial charge is 0.384 e.